The average molecular weight is 723 g/mol. The first kappa shape index (κ1) is 32.1. The minimum atomic E-state index is -0.213. The van der Waals surface area contributed by atoms with Crippen LogP contribution in [0.5, 0.6) is 0 Å². The zero-order valence-corrected chi connectivity index (χ0v) is 32.6. The third-order valence-corrected chi connectivity index (χ3v) is 13.0. The van der Waals surface area contributed by atoms with Crippen molar-refractivity contribution in [1.29, 1.82) is 0 Å². The molecule has 0 N–H and O–H groups in total. The zero-order valence-electron chi connectivity index (χ0n) is 32.6. The van der Waals surface area contributed by atoms with Gasteiger partial charge in [0.1, 0.15) is 5.82 Å². The van der Waals surface area contributed by atoms with Crippen LogP contribution in [0.4, 0.5) is 4.39 Å². The molecular formula is C52H40BFN2. The molecule has 4 heterocycles. The number of aromatic nitrogens is 2. The summed E-state index contributed by atoms with van der Waals surface area (Å²) in [6.45, 7) is 13.9. The Morgan fingerprint density at radius 1 is 0.464 bits per heavy atom. The summed E-state index contributed by atoms with van der Waals surface area (Å²) in [5, 5.41) is 10.0. The van der Waals surface area contributed by atoms with Crippen molar-refractivity contribution in [3.8, 4) is 22.5 Å². The molecule has 0 fully saturated rings. The van der Waals surface area contributed by atoms with Crippen molar-refractivity contribution >= 4 is 88.3 Å². The molecule has 0 bridgehead atoms. The molecule has 0 saturated heterocycles. The lowest BCUT2D eigenvalue weighted by atomic mass is 9.33. The summed E-state index contributed by atoms with van der Waals surface area (Å²) in [7, 11) is 0. The third kappa shape index (κ3) is 4.12. The van der Waals surface area contributed by atoms with E-state index in [0.29, 0.717) is 5.56 Å². The van der Waals surface area contributed by atoms with E-state index in [1.807, 2.05) is 12.1 Å². The SMILES string of the molecule is CC(C)(C)c1ccc2c(c1)c1cc(C(C)(C)C)cc3c1n2-c1cc(-c2ccccc2F)cc2c1B3c1c3ccccc3cc3c4cc5ccccc5cc4n-2c13. The Morgan fingerprint density at radius 2 is 1.05 bits per heavy atom. The minimum Gasteiger partial charge on any atom is -0.310 e. The number of benzene rings is 8. The van der Waals surface area contributed by atoms with Crippen LogP contribution in [0.25, 0.3) is 87.7 Å². The molecule has 0 aliphatic carbocycles. The Bertz CT molecular complexity index is 3400. The average Bonchev–Trinajstić information content (AvgIpc) is 3.68. The van der Waals surface area contributed by atoms with Gasteiger partial charge in [0.15, 0.2) is 0 Å². The Balaban J connectivity index is 1.36. The number of nitrogens with zero attached hydrogens (tertiary/aromatic N) is 2. The van der Waals surface area contributed by atoms with E-state index in [9.17, 15) is 0 Å². The lowest BCUT2D eigenvalue weighted by molar-refractivity contribution is 0.590. The summed E-state index contributed by atoms with van der Waals surface area (Å²) in [4.78, 5) is 0. The molecule has 0 spiro atoms. The van der Waals surface area contributed by atoms with Crippen LogP contribution in [-0.4, -0.2) is 15.8 Å². The molecule has 2 aromatic heterocycles. The Kier molecular flexibility index (Phi) is 6.08. The van der Waals surface area contributed by atoms with Gasteiger partial charge in [-0.1, -0.05) is 120 Å². The van der Waals surface area contributed by atoms with E-state index in [0.717, 1.165) is 16.9 Å². The fourth-order valence-corrected chi connectivity index (χ4v) is 10.2. The van der Waals surface area contributed by atoms with E-state index in [4.69, 9.17) is 0 Å². The van der Waals surface area contributed by atoms with Gasteiger partial charge >= 0.3 is 0 Å². The van der Waals surface area contributed by atoms with Crippen molar-refractivity contribution in [3.63, 3.8) is 0 Å². The van der Waals surface area contributed by atoms with E-state index >= 15 is 4.39 Å². The maximum atomic E-state index is 16.0. The first-order chi connectivity index (χ1) is 27.0. The summed E-state index contributed by atoms with van der Waals surface area (Å²) in [5.74, 6) is -0.213. The predicted octanol–water partition coefficient (Wildman–Crippen LogP) is 11.7. The van der Waals surface area contributed by atoms with E-state index in [-0.39, 0.29) is 23.4 Å². The summed E-state index contributed by atoms with van der Waals surface area (Å²) in [6.07, 6.45) is 0. The molecular weight excluding hydrogens is 682 g/mol. The zero-order chi connectivity index (χ0) is 38.0. The van der Waals surface area contributed by atoms with Crippen molar-refractivity contribution in [2.45, 2.75) is 52.4 Å². The first-order valence-corrected chi connectivity index (χ1v) is 19.9. The van der Waals surface area contributed by atoms with E-state index in [1.54, 1.807) is 12.1 Å². The number of rotatable bonds is 1. The van der Waals surface area contributed by atoms with Crippen LogP contribution < -0.4 is 16.4 Å². The van der Waals surface area contributed by atoms with Crippen LogP contribution in [0.3, 0.4) is 0 Å². The molecule has 0 amide bonds. The lowest BCUT2D eigenvalue weighted by Gasteiger charge is -2.35. The predicted molar refractivity (Wildman–Crippen MR) is 238 cm³/mol. The Hall–Kier alpha value is -6.13. The quantitative estimate of drug-likeness (QED) is 0.149. The van der Waals surface area contributed by atoms with Crippen LogP contribution in [0.2, 0.25) is 0 Å². The van der Waals surface area contributed by atoms with Gasteiger partial charge in [-0.25, -0.2) is 4.39 Å². The summed E-state index contributed by atoms with van der Waals surface area (Å²) in [5.41, 5.74) is 15.1. The van der Waals surface area contributed by atoms with Crippen LogP contribution in [0.1, 0.15) is 52.7 Å². The largest absolute Gasteiger partial charge is 0.310 e. The molecule has 0 radical (unpaired) electrons. The molecule has 4 heteroatoms. The smallest absolute Gasteiger partial charge is 0.253 e. The van der Waals surface area contributed by atoms with Gasteiger partial charge in [0.2, 0.25) is 0 Å². The van der Waals surface area contributed by atoms with Gasteiger partial charge in [-0.15, -0.1) is 0 Å². The first-order valence-electron chi connectivity index (χ1n) is 19.9. The van der Waals surface area contributed by atoms with Crippen molar-refractivity contribution < 1.29 is 4.39 Å². The van der Waals surface area contributed by atoms with Gasteiger partial charge in [0.05, 0.1) is 11.0 Å². The maximum Gasteiger partial charge on any atom is 0.253 e. The number of hydrogen-bond acceptors (Lipinski definition) is 0. The molecule has 2 aliphatic rings. The number of halogens is 1. The highest BCUT2D eigenvalue weighted by Gasteiger charge is 2.43. The molecule has 2 aliphatic heterocycles. The molecule has 0 unspecified atom stereocenters. The third-order valence-electron chi connectivity index (χ3n) is 13.0. The minimum absolute atomic E-state index is 0.00881. The highest BCUT2D eigenvalue weighted by molar-refractivity contribution is 7.01. The van der Waals surface area contributed by atoms with E-state index < -0.39 is 0 Å². The van der Waals surface area contributed by atoms with Gasteiger partial charge in [0, 0.05) is 49.5 Å². The normalized spacial score (nSPS) is 13.6. The summed E-state index contributed by atoms with van der Waals surface area (Å²) in [6, 6.07) is 48.7. The van der Waals surface area contributed by atoms with Gasteiger partial charge < -0.3 is 9.13 Å². The van der Waals surface area contributed by atoms with E-state index in [1.165, 1.54) is 92.7 Å². The fourth-order valence-electron chi connectivity index (χ4n) is 10.2. The van der Waals surface area contributed by atoms with Crippen molar-refractivity contribution in [3.05, 3.63) is 150 Å². The van der Waals surface area contributed by atoms with Crippen LogP contribution >= 0.6 is 0 Å². The number of hydrogen-bond donors (Lipinski definition) is 0. The highest BCUT2D eigenvalue weighted by atomic mass is 19.1. The van der Waals surface area contributed by atoms with Gasteiger partial charge in [-0.3, -0.25) is 0 Å². The molecule has 0 atom stereocenters. The topological polar surface area (TPSA) is 9.86 Å². The lowest BCUT2D eigenvalue weighted by Crippen LogP contribution is -2.59. The van der Waals surface area contributed by atoms with Gasteiger partial charge in [0.25, 0.3) is 6.71 Å². The van der Waals surface area contributed by atoms with Crippen LogP contribution in [-0.2, 0) is 10.8 Å². The van der Waals surface area contributed by atoms with Crippen molar-refractivity contribution in [2.75, 3.05) is 0 Å². The van der Waals surface area contributed by atoms with E-state index in [2.05, 4.69) is 160 Å². The molecule has 2 nitrogen and oxygen atoms in total. The second kappa shape index (κ2) is 10.6. The standard InChI is InChI=1S/C52H40BFN2/c1-51(2,3)33-19-20-43-38(26-33)40-27-34(52(4,5)6)28-41-49(40)55(43)45-24-32(35-16-11-12-18-42(35)54)25-46-48(45)53(41)47-36-17-10-9-15-31(36)22-39-37-21-29-13-7-8-14-30(29)23-44(37)56(46)50(39)47/h7-28H,1-6H3. The Labute approximate surface area is 325 Å². The summed E-state index contributed by atoms with van der Waals surface area (Å²) >= 11 is 0. The molecule has 10 aromatic rings. The second-order valence-electron chi connectivity index (χ2n) is 18.3. The Morgan fingerprint density at radius 3 is 1.79 bits per heavy atom. The maximum absolute atomic E-state index is 16.0. The van der Waals surface area contributed by atoms with Gasteiger partial charge in [-0.2, -0.15) is 0 Å². The highest BCUT2D eigenvalue weighted by Crippen LogP contribution is 2.44. The number of fused-ring (bicyclic) bond motifs is 13. The monoisotopic (exact) mass is 722 g/mol. The second-order valence-corrected chi connectivity index (χ2v) is 18.3. The van der Waals surface area contributed by atoms with Crippen molar-refractivity contribution in [1.82, 2.24) is 9.13 Å². The molecule has 268 valence electrons. The molecule has 0 saturated carbocycles. The van der Waals surface area contributed by atoms with Gasteiger partial charge in [-0.05, 0) is 120 Å². The van der Waals surface area contributed by atoms with Crippen LogP contribution in [0.15, 0.2) is 133 Å². The van der Waals surface area contributed by atoms with Crippen molar-refractivity contribution in [2.24, 2.45) is 0 Å². The summed E-state index contributed by atoms with van der Waals surface area (Å²) < 4.78 is 21.0. The molecule has 56 heavy (non-hydrogen) atoms. The van der Waals surface area contributed by atoms with Crippen LogP contribution in [0, 0.1) is 5.82 Å². The fraction of sp³-hybridized carbons (Fsp3) is 0.154. The molecule has 12 rings (SSSR count). The molecule has 8 aromatic carbocycles.